The molecule has 0 fully saturated rings. The van der Waals surface area contributed by atoms with Crippen LogP contribution in [0.25, 0.3) is 21.5 Å². The van der Waals surface area contributed by atoms with Crippen molar-refractivity contribution in [3.8, 4) is 10.6 Å². The lowest BCUT2D eigenvalue weighted by molar-refractivity contribution is 0.0468. The van der Waals surface area contributed by atoms with Gasteiger partial charge in [-0.25, -0.2) is 9.78 Å². The highest BCUT2D eigenvalue weighted by Gasteiger charge is 2.33. The van der Waals surface area contributed by atoms with E-state index in [2.05, 4.69) is 25.8 Å². The summed E-state index contributed by atoms with van der Waals surface area (Å²) in [6.07, 6.45) is 2.85. The van der Waals surface area contributed by atoms with Gasteiger partial charge in [0, 0.05) is 22.0 Å². The van der Waals surface area contributed by atoms with E-state index in [9.17, 15) is 4.79 Å². The third-order valence-electron chi connectivity index (χ3n) is 6.61. The van der Waals surface area contributed by atoms with Gasteiger partial charge in [-0.15, -0.1) is 11.3 Å². The van der Waals surface area contributed by atoms with E-state index < -0.39 is 0 Å². The Balaban J connectivity index is 1.44. The molecule has 1 aliphatic rings. The van der Waals surface area contributed by atoms with Crippen molar-refractivity contribution in [2.24, 2.45) is 11.3 Å². The van der Waals surface area contributed by atoms with Crippen LogP contribution in [0.2, 0.25) is 0 Å². The maximum absolute atomic E-state index is 13.5. The van der Waals surface area contributed by atoms with Crippen LogP contribution in [0.15, 0.2) is 60.0 Å². The van der Waals surface area contributed by atoms with Gasteiger partial charge in [0.2, 0.25) is 0 Å². The molecule has 1 aliphatic carbocycles. The van der Waals surface area contributed by atoms with Gasteiger partial charge in [-0.1, -0.05) is 69.3 Å². The molecular weight excluding hydrogens is 428 g/mol. The molecule has 5 heteroatoms. The zero-order valence-corrected chi connectivity index (χ0v) is 20.1. The number of aryl methyl sites for hydroxylation is 1. The molecule has 1 atom stereocenters. The van der Waals surface area contributed by atoms with Crippen LogP contribution >= 0.6 is 11.3 Å². The molecule has 4 aromatic rings. The van der Waals surface area contributed by atoms with Crippen LogP contribution in [-0.4, -0.2) is 15.9 Å². The molecule has 0 amide bonds. The Morgan fingerprint density at radius 1 is 1.06 bits per heavy atom. The van der Waals surface area contributed by atoms with Gasteiger partial charge in [-0.05, 0) is 42.2 Å². The summed E-state index contributed by atoms with van der Waals surface area (Å²) in [5.74, 6) is 0.222. The summed E-state index contributed by atoms with van der Waals surface area (Å²) in [5, 5.41) is 3.77. The highest BCUT2D eigenvalue weighted by molar-refractivity contribution is 7.13. The fraction of sp³-hybridized carbons (Fsp3) is 0.321. The summed E-state index contributed by atoms with van der Waals surface area (Å²) in [6, 6.07) is 18.0. The Hall–Kier alpha value is -3.05. The standard InChI is InChI=1S/C28H28N2O2S/c1-28(2,3)19-13-14-24-22(15-19)25(21-11-7-8-12-23(21)30-24)27(31)32-16-20-17-33-26(29-20)18-9-5-4-6-10-18/h4-12,17,19H,13-16H2,1-3H3/t19-/m0/s1. The molecule has 2 heterocycles. The number of nitrogens with zero attached hydrogens (tertiary/aromatic N) is 2. The highest BCUT2D eigenvalue weighted by atomic mass is 32.1. The van der Waals surface area contributed by atoms with Gasteiger partial charge in [0.1, 0.15) is 11.6 Å². The number of hydrogen-bond donors (Lipinski definition) is 0. The van der Waals surface area contributed by atoms with E-state index in [1.165, 1.54) is 0 Å². The third kappa shape index (κ3) is 4.42. The normalized spacial score (nSPS) is 15.9. The maximum atomic E-state index is 13.5. The largest absolute Gasteiger partial charge is 0.456 e. The minimum atomic E-state index is -0.284. The van der Waals surface area contributed by atoms with Crippen LogP contribution in [-0.2, 0) is 24.2 Å². The first-order valence-corrected chi connectivity index (χ1v) is 12.4. The molecule has 4 nitrogen and oxygen atoms in total. The third-order valence-corrected chi connectivity index (χ3v) is 7.55. The van der Waals surface area contributed by atoms with Crippen molar-refractivity contribution in [1.82, 2.24) is 9.97 Å². The monoisotopic (exact) mass is 456 g/mol. The average Bonchev–Trinajstić information content (AvgIpc) is 3.30. The molecular formula is C28H28N2O2S. The molecule has 0 bridgehead atoms. The average molecular weight is 457 g/mol. The van der Waals surface area contributed by atoms with Crippen molar-refractivity contribution in [3.05, 3.63) is 82.5 Å². The first kappa shape index (κ1) is 21.8. The summed E-state index contributed by atoms with van der Waals surface area (Å²) in [5.41, 5.74) is 5.67. The van der Waals surface area contributed by atoms with Crippen LogP contribution < -0.4 is 0 Å². The number of thiazole rings is 1. The van der Waals surface area contributed by atoms with Crippen molar-refractivity contribution in [3.63, 3.8) is 0 Å². The van der Waals surface area contributed by atoms with E-state index in [-0.39, 0.29) is 18.0 Å². The molecule has 0 saturated heterocycles. The number of fused-ring (bicyclic) bond motifs is 2. The minimum absolute atomic E-state index is 0.163. The van der Waals surface area contributed by atoms with Crippen molar-refractivity contribution >= 4 is 28.2 Å². The fourth-order valence-electron chi connectivity index (χ4n) is 4.66. The summed E-state index contributed by atoms with van der Waals surface area (Å²) in [7, 11) is 0. The number of carbonyl (C=O) groups excluding carboxylic acids is 1. The highest BCUT2D eigenvalue weighted by Crippen LogP contribution is 2.39. The molecule has 168 valence electrons. The Bertz CT molecular complexity index is 1300. The number of ether oxygens (including phenoxy) is 1. The second-order valence-electron chi connectivity index (χ2n) is 9.82. The summed E-state index contributed by atoms with van der Waals surface area (Å²) >= 11 is 1.57. The van der Waals surface area contributed by atoms with Crippen LogP contribution in [0.1, 0.15) is 54.5 Å². The minimum Gasteiger partial charge on any atom is -0.456 e. The summed E-state index contributed by atoms with van der Waals surface area (Å²) in [4.78, 5) is 23.0. The van der Waals surface area contributed by atoms with E-state index in [1.54, 1.807) is 11.3 Å². The maximum Gasteiger partial charge on any atom is 0.339 e. The first-order valence-electron chi connectivity index (χ1n) is 11.5. The quantitative estimate of drug-likeness (QED) is 0.315. The molecule has 2 aromatic carbocycles. The number of rotatable bonds is 4. The van der Waals surface area contributed by atoms with Gasteiger partial charge in [0.05, 0.1) is 16.8 Å². The van der Waals surface area contributed by atoms with Gasteiger partial charge in [-0.3, -0.25) is 4.98 Å². The molecule has 2 aromatic heterocycles. The van der Waals surface area contributed by atoms with E-state index >= 15 is 0 Å². The number of carbonyl (C=O) groups is 1. The number of para-hydroxylation sites is 1. The van der Waals surface area contributed by atoms with Gasteiger partial charge in [-0.2, -0.15) is 0 Å². The van der Waals surface area contributed by atoms with Gasteiger partial charge < -0.3 is 4.74 Å². The Morgan fingerprint density at radius 2 is 1.82 bits per heavy atom. The van der Waals surface area contributed by atoms with Crippen LogP contribution in [0, 0.1) is 11.3 Å². The zero-order valence-electron chi connectivity index (χ0n) is 19.3. The van der Waals surface area contributed by atoms with Crippen molar-refractivity contribution in [2.75, 3.05) is 0 Å². The van der Waals surface area contributed by atoms with Crippen LogP contribution in [0.5, 0.6) is 0 Å². The van der Waals surface area contributed by atoms with Crippen LogP contribution in [0.4, 0.5) is 0 Å². The molecule has 33 heavy (non-hydrogen) atoms. The Labute approximate surface area is 198 Å². The Kier molecular flexibility index (Phi) is 5.75. The van der Waals surface area contributed by atoms with Gasteiger partial charge in [0.25, 0.3) is 0 Å². The van der Waals surface area contributed by atoms with E-state index in [0.29, 0.717) is 11.5 Å². The Morgan fingerprint density at radius 3 is 2.61 bits per heavy atom. The number of aromatic nitrogens is 2. The lowest BCUT2D eigenvalue weighted by Gasteiger charge is -2.35. The lowest BCUT2D eigenvalue weighted by atomic mass is 9.70. The number of benzene rings is 2. The zero-order chi connectivity index (χ0) is 23.0. The predicted molar refractivity (Wildman–Crippen MR) is 133 cm³/mol. The molecule has 0 aliphatic heterocycles. The molecule has 0 N–H and O–H groups in total. The summed E-state index contributed by atoms with van der Waals surface area (Å²) < 4.78 is 5.84. The molecule has 0 saturated carbocycles. The summed E-state index contributed by atoms with van der Waals surface area (Å²) in [6.45, 7) is 7.00. The van der Waals surface area contributed by atoms with Crippen LogP contribution in [0.3, 0.4) is 0 Å². The molecule has 5 rings (SSSR count). The lowest BCUT2D eigenvalue weighted by Crippen LogP contribution is -2.29. The topological polar surface area (TPSA) is 52.1 Å². The predicted octanol–water partition coefficient (Wildman–Crippen LogP) is 6.87. The van der Waals surface area contributed by atoms with Gasteiger partial charge >= 0.3 is 5.97 Å². The van der Waals surface area contributed by atoms with E-state index in [0.717, 1.165) is 57.7 Å². The molecule has 0 unspecified atom stereocenters. The number of esters is 1. The van der Waals surface area contributed by atoms with E-state index in [4.69, 9.17) is 9.72 Å². The van der Waals surface area contributed by atoms with Crippen molar-refractivity contribution in [1.29, 1.82) is 0 Å². The van der Waals surface area contributed by atoms with Crippen molar-refractivity contribution in [2.45, 2.75) is 46.6 Å². The van der Waals surface area contributed by atoms with Crippen molar-refractivity contribution < 1.29 is 9.53 Å². The first-order chi connectivity index (χ1) is 15.9. The molecule has 0 spiro atoms. The second-order valence-corrected chi connectivity index (χ2v) is 10.7. The SMILES string of the molecule is CC(C)(C)[C@H]1CCc2nc3ccccc3c(C(=O)OCc3csc(-c4ccccc4)n3)c2C1. The number of hydrogen-bond acceptors (Lipinski definition) is 5. The van der Waals surface area contributed by atoms with Gasteiger partial charge in [0.15, 0.2) is 0 Å². The molecule has 0 radical (unpaired) electrons. The smallest absolute Gasteiger partial charge is 0.339 e. The number of pyridine rings is 1. The fourth-order valence-corrected chi connectivity index (χ4v) is 5.47. The van der Waals surface area contributed by atoms with E-state index in [1.807, 2.05) is 60.0 Å². The second kappa shape index (κ2) is 8.71.